The number of sulfonamides is 1. The number of carboxylic acids is 1. The third kappa shape index (κ3) is 9.21. The van der Waals surface area contributed by atoms with E-state index in [4.69, 9.17) is 26.2 Å². The van der Waals surface area contributed by atoms with E-state index in [9.17, 15) is 48.3 Å². The highest BCUT2D eigenvalue weighted by molar-refractivity contribution is 7.91. The third-order valence-electron chi connectivity index (χ3n) is 7.48. The molecule has 0 unspecified atom stereocenters. The van der Waals surface area contributed by atoms with Gasteiger partial charge in [0, 0.05) is 19.6 Å². The number of carbonyl (C=O) groups excluding carboxylic acids is 1. The second-order valence-corrected chi connectivity index (χ2v) is 13.5. The summed E-state index contributed by atoms with van der Waals surface area (Å²) in [5.41, 5.74) is 0.0769. The Bertz CT molecular complexity index is 1590. The Morgan fingerprint density at radius 1 is 0.957 bits per heavy atom. The van der Waals surface area contributed by atoms with Crippen LogP contribution in [-0.4, -0.2) is 60.9 Å². The van der Waals surface area contributed by atoms with E-state index >= 15 is 0 Å². The fourth-order valence-electron chi connectivity index (χ4n) is 4.78. The Morgan fingerprint density at radius 2 is 1.54 bits per heavy atom. The number of aliphatic carboxylic acids is 1. The summed E-state index contributed by atoms with van der Waals surface area (Å²) in [4.78, 5) is 23.5. The van der Waals surface area contributed by atoms with Crippen molar-refractivity contribution in [2.24, 2.45) is 0 Å². The lowest BCUT2D eigenvalue weighted by Gasteiger charge is -2.33. The van der Waals surface area contributed by atoms with Gasteiger partial charge in [-0.1, -0.05) is 11.6 Å². The molecule has 1 heterocycles. The molecule has 2 aliphatic carbocycles. The van der Waals surface area contributed by atoms with Crippen molar-refractivity contribution in [1.29, 1.82) is 0 Å². The van der Waals surface area contributed by atoms with Gasteiger partial charge in [0.2, 0.25) is 10.0 Å². The minimum absolute atomic E-state index is 0.154. The number of amides is 1. The van der Waals surface area contributed by atoms with E-state index in [1.54, 1.807) is 0 Å². The van der Waals surface area contributed by atoms with Gasteiger partial charge in [-0.2, -0.15) is 26.3 Å². The molecule has 1 amide bonds. The van der Waals surface area contributed by atoms with Crippen LogP contribution in [0, 0.1) is 11.6 Å². The van der Waals surface area contributed by atoms with E-state index in [-0.39, 0.29) is 11.5 Å². The zero-order valence-corrected chi connectivity index (χ0v) is 25.2. The van der Waals surface area contributed by atoms with Crippen molar-refractivity contribution in [2.75, 3.05) is 13.1 Å². The summed E-state index contributed by atoms with van der Waals surface area (Å²) in [5.74, 6) is -6.00. The molecule has 5 rings (SSSR count). The smallest absolute Gasteiger partial charge is 0.487 e. The molecule has 0 bridgehead atoms. The number of hydrogen-bond acceptors (Lipinski definition) is 6. The lowest BCUT2D eigenvalue weighted by atomic mass is 9.97. The van der Waals surface area contributed by atoms with Crippen LogP contribution in [0.1, 0.15) is 71.5 Å². The van der Waals surface area contributed by atoms with Gasteiger partial charge in [0.05, 0.1) is 21.4 Å². The van der Waals surface area contributed by atoms with Crippen molar-refractivity contribution >= 4 is 33.5 Å². The number of benzene rings is 2. The summed E-state index contributed by atoms with van der Waals surface area (Å²) < 4.78 is 132. The first-order chi connectivity index (χ1) is 21.3. The Hall–Kier alpha value is -3.18. The average molecular weight is 707 g/mol. The van der Waals surface area contributed by atoms with Crippen molar-refractivity contribution < 1.29 is 63.0 Å². The minimum atomic E-state index is -5.08. The molecule has 2 saturated carbocycles. The predicted octanol–water partition coefficient (Wildman–Crippen LogP) is 6.41. The number of carbonyl (C=O) groups is 2. The lowest BCUT2D eigenvalue weighted by molar-refractivity contribution is -0.192. The van der Waals surface area contributed by atoms with E-state index in [0.717, 1.165) is 18.4 Å². The maximum absolute atomic E-state index is 15.0. The zero-order chi connectivity index (χ0) is 34.2. The molecule has 1 saturated heterocycles. The molecular formula is C28H27ClF8N2O6S. The summed E-state index contributed by atoms with van der Waals surface area (Å²) in [6, 6.07) is 3.83. The van der Waals surface area contributed by atoms with Gasteiger partial charge in [-0.15, -0.1) is 0 Å². The SMILES string of the molecule is O=C(NS(=O)(=O)C1CC1)c1cc(C2CC2)c(CN2CCC(Oc3cc(C(F)(F)F)cc(Cl)c3F)CC2)cc1F.O=C(O)C(F)(F)F. The number of alkyl halides is 6. The number of nitrogens with zero attached hydrogens (tertiary/aromatic N) is 1. The summed E-state index contributed by atoms with van der Waals surface area (Å²) in [7, 11) is -3.82. The van der Waals surface area contributed by atoms with Gasteiger partial charge in [0.15, 0.2) is 11.6 Å². The molecule has 254 valence electrons. The molecule has 2 N–H and O–H groups in total. The molecule has 1 aliphatic heterocycles. The standard InChI is InChI=1S/C26H26ClF5N2O4S.C2HF3O2/c27-21-10-16(26(30,31)32)11-23(24(21)29)38-17-5-7-34(8-6-17)13-15-9-22(28)20(12-19(15)14-1-2-14)25(35)33-39(36,37)18-3-4-18;3-2(4,5)1(6)7/h9-12,14,17-18H,1-8,13H2,(H,33,35);(H,6,7). The van der Waals surface area contributed by atoms with Crippen molar-refractivity contribution in [3.8, 4) is 5.75 Å². The first-order valence-electron chi connectivity index (χ1n) is 13.9. The van der Waals surface area contributed by atoms with E-state index < -0.39 is 73.6 Å². The normalized spacial score (nSPS) is 18.0. The molecule has 3 fully saturated rings. The molecule has 2 aromatic carbocycles. The highest BCUT2D eigenvalue weighted by Crippen LogP contribution is 2.43. The topological polar surface area (TPSA) is 113 Å². The molecule has 18 heteroatoms. The molecule has 3 aliphatic rings. The number of hydrogen-bond donors (Lipinski definition) is 2. The van der Waals surface area contributed by atoms with Crippen molar-refractivity contribution in [1.82, 2.24) is 9.62 Å². The molecule has 0 spiro atoms. The largest absolute Gasteiger partial charge is 0.490 e. The van der Waals surface area contributed by atoms with Gasteiger partial charge < -0.3 is 9.84 Å². The van der Waals surface area contributed by atoms with Gasteiger partial charge in [-0.3, -0.25) is 9.69 Å². The zero-order valence-electron chi connectivity index (χ0n) is 23.7. The van der Waals surface area contributed by atoms with Crippen LogP contribution in [-0.2, 0) is 27.5 Å². The average Bonchev–Trinajstić information content (AvgIpc) is 3.84. The number of likely N-dealkylation sites (tertiary alicyclic amines) is 1. The molecule has 0 radical (unpaired) electrons. The van der Waals surface area contributed by atoms with Crippen LogP contribution in [0.3, 0.4) is 0 Å². The highest BCUT2D eigenvalue weighted by atomic mass is 35.5. The summed E-state index contributed by atoms with van der Waals surface area (Å²) in [5, 5.41) is 5.84. The summed E-state index contributed by atoms with van der Waals surface area (Å²) >= 11 is 5.64. The van der Waals surface area contributed by atoms with Crippen LogP contribution in [0.4, 0.5) is 35.1 Å². The first-order valence-corrected chi connectivity index (χ1v) is 15.8. The maximum Gasteiger partial charge on any atom is 0.490 e. The second-order valence-electron chi connectivity index (χ2n) is 11.1. The Morgan fingerprint density at radius 3 is 2.04 bits per heavy atom. The highest BCUT2D eigenvalue weighted by Gasteiger charge is 2.39. The van der Waals surface area contributed by atoms with Crippen LogP contribution in [0.2, 0.25) is 5.02 Å². The number of nitrogens with one attached hydrogen (secondary N) is 1. The van der Waals surface area contributed by atoms with Gasteiger partial charge in [-0.05, 0) is 79.8 Å². The number of halogens is 9. The van der Waals surface area contributed by atoms with Crippen LogP contribution < -0.4 is 9.46 Å². The van der Waals surface area contributed by atoms with Crippen molar-refractivity contribution in [3.63, 3.8) is 0 Å². The summed E-state index contributed by atoms with van der Waals surface area (Å²) in [6.45, 7) is 1.29. The number of piperidine rings is 1. The van der Waals surface area contributed by atoms with E-state index in [1.807, 2.05) is 9.62 Å². The fourth-order valence-corrected chi connectivity index (χ4v) is 6.28. The van der Waals surface area contributed by atoms with E-state index in [2.05, 4.69) is 0 Å². The van der Waals surface area contributed by atoms with Gasteiger partial charge >= 0.3 is 18.3 Å². The van der Waals surface area contributed by atoms with Crippen LogP contribution in [0.25, 0.3) is 0 Å². The maximum atomic E-state index is 15.0. The molecule has 0 atom stereocenters. The van der Waals surface area contributed by atoms with E-state index in [1.165, 1.54) is 12.1 Å². The Balaban J connectivity index is 0.000000617. The predicted molar refractivity (Wildman–Crippen MR) is 147 cm³/mol. The third-order valence-corrected chi connectivity index (χ3v) is 9.57. The number of carboxylic acid groups (broad SMARTS) is 1. The fraction of sp³-hybridized carbons (Fsp3) is 0.500. The monoisotopic (exact) mass is 706 g/mol. The molecule has 2 aromatic rings. The van der Waals surface area contributed by atoms with Gasteiger partial charge in [0.1, 0.15) is 11.9 Å². The minimum Gasteiger partial charge on any atom is -0.487 e. The van der Waals surface area contributed by atoms with Gasteiger partial charge in [-0.25, -0.2) is 26.7 Å². The Labute approximate surface area is 262 Å². The summed E-state index contributed by atoms with van der Waals surface area (Å²) in [6.07, 6.45) is -6.82. The van der Waals surface area contributed by atoms with Crippen LogP contribution >= 0.6 is 11.6 Å². The van der Waals surface area contributed by atoms with Crippen molar-refractivity contribution in [3.05, 3.63) is 63.2 Å². The Kier molecular flexibility index (Phi) is 10.5. The quantitative estimate of drug-likeness (QED) is 0.305. The number of rotatable bonds is 8. The lowest BCUT2D eigenvalue weighted by Crippen LogP contribution is -2.38. The van der Waals surface area contributed by atoms with Crippen LogP contribution in [0.15, 0.2) is 24.3 Å². The van der Waals surface area contributed by atoms with Crippen molar-refractivity contribution in [2.45, 2.75) is 74.7 Å². The molecule has 8 nitrogen and oxygen atoms in total. The second kappa shape index (κ2) is 13.5. The molecule has 46 heavy (non-hydrogen) atoms. The van der Waals surface area contributed by atoms with Gasteiger partial charge in [0.25, 0.3) is 5.91 Å². The first kappa shape index (κ1) is 35.7. The van der Waals surface area contributed by atoms with Crippen LogP contribution in [0.5, 0.6) is 5.75 Å². The van der Waals surface area contributed by atoms with E-state index in [0.29, 0.717) is 63.0 Å². The molecular weight excluding hydrogens is 680 g/mol. The molecule has 0 aromatic heterocycles. The number of ether oxygens (including phenoxy) is 1.